The molecule has 0 atom stereocenters. The normalized spacial score (nSPS) is 11.5. The summed E-state index contributed by atoms with van der Waals surface area (Å²) >= 11 is 0. The maximum absolute atomic E-state index is 5.50. The Kier molecular flexibility index (Phi) is 13.0. The van der Waals surface area contributed by atoms with Crippen LogP contribution in [0.3, 0.4) is 0 Å². The minimum atomic E-state index is 0.00524. The first-order valence-corrected chi connectivity index (χ1v) is 6.85. The Morgan fingerprint density at radius 1 is 1.00 bits per heavy atom. The molecule has 0 spiro atoms. The van der Waals surface area contributed by atoms with Gasteiger partial charge in [-0.3, -0.25) is 0 Å². The highest BCUT2D eigenvalue weighted by Gasteiger charge is 2.06. The Labute approximate surface area is 107 Å². The molecule has 2 nitrogen and oxygen atoms in total. The third-order valence-corrected chi connectivity index (χ3v) is 2.54. The van der Waals surface area contributed by atoms with Crippen LogP contribution in [-0.4, -0.2) is 19.5 Å². The van der Waals surface area contributed by atoms with Gasteiger partial charge in [0.1, 0.15) is 0 Å². The Balaban J connectivity index is 3.35. The van der Waals surface area contributed by atoms with Gasteiger partial charge in [0.2, 0.25) is 0 Å². The molecule has 0 saturated carbocycles. The van der Waals surface area contributed by atoms with Crippen LogP contribution in [0.5, 0.6) is 0 Å². The van der Waals surface area contributed by atoms with Crippen molar-refractivity contribution in [3.8, 4) is 0 Å². The maximum Gasteiger partial charge on any atom is 0.157 e. The van der Waals surface area contributed by atoms with E-state index in [1.807, 2.05) is 26.0 Å². The van der Waals surface area contributed by atoms with Gasteiger partial charge in [0.15, 0.2) is 6.29 Å². The lowest BCUT2D eigenvalue weighted by atomic mass is 10.1. The number of hydrogen-bond donors (Lipinski definition) is 0. The highest BCUT2D eigenvalue weighted by Crippen LogP contribution is 2.10. The summed E-state index contributed by atoms with van der Waals surface area (Å²) in [5.74, 6) is 0. The van der Waals surface area contributed by atoms with Gasteiger partial charge in [0, 0.05) is 13.2 Å². The van der Waals surface area contributed by atoms with Crippen molar-refractivity contribution in [3.05, 3.63) is 24.8 Å². The molecule has 2 heteroatoms. The number of hydrogen-bond acceptors (Lipinski definition) is 2. The highest BCUT2D eigenvalue weighted by atomic mass is 16.7. The summed E-state index contributed by atoms with van der Waals surface area (Å²) in [4.78, 5) is 0. The minimum absolute atomic E-state index is 0.00524. The molecule has 0 aromatic rings. The van der Waals surface area contributed by atoms with Crippen molar-refractivity contribution in [1.82, 2.24) is 0 Å². The first-order valence-electron chi connectivity index (χ1n) is 6.85. The van der Waals surface area contributed by atoms with E-state index in [0.29, 0.717) is 0 Å². The largest absolute Gasteiger partial charge is 0.353 e. The Morgan fingerprint density at radius 2 is 1.65 bits per heavy atom. The first kappa shape index (κ1) is 16.4. The smallest absolute Gasteiger partial charge is 0.157 e. The molecule has 100 valence electrons. The molecule has 0 rings (SSSR count). The summed E-state index contributed by atoms with van der Waals surface area (Å²) in [6.45, 7) is 9.14. The van der Waals surface area contributed by atoms with Crippen molar-refractivity contribution in [2.45, 2.75) is 58.7 Å². The summed E-state index contributed by atoms with van der Waals surface area (Å²) in [7, 11) is 0. The van der Waals surface area contributed by atoms with Crippen LogP contribution >= 0.6 is 0 Å². The number of rotatable bonds is 12. The lowest BCUT2D eigenvalue weighted by Gasteiger charge is -2.16. The maximum atomic E-state index is 5.50. The summed E-state index contributed by atoms with van der Waals surface area (Å²) < 4.78 is 11.0. The highest BCUT2D eigenvalue weighted by molar-refractivity contribution is 4.96. The number of ether oxygens (including phenoxy) is 2. The van der Waals surface area contributed by atoms with Crippen molar-refractivity contribution in [3.63, 3.8) is 0 Å². The molecule has 0 radical (unpaired) electrons. The van der Waals surface area contributed by atoms with Crippen LogP contribution in [0.15, 0.2) is 24.8 Å². The van der Waals surface area contributed by atoms with E-state index in [1.165, 1.54) is 25.7 Å². The van der Waals surface area contributed by atoms with Gasteiger partial charge >= 0.3 is 0 Å². The van der Waals surface area contributed by atoms with Crippen molar-refractivity contribution in [2.75, 3.05) is 13.2 Å². The Bertz CT molecular complexity index is 181. The summed E-state index contributed by atoms with van der Waals surface area (Å²) in [6, 6.07) is 0. The number of unbranched alkanes of at least 4 members (excludes halogenated alkanes) is 4. The third kappa shape index (κ3) is 11.7. The molecule has 0 amide bonds. The first-order chi connectivity index (χ1) is 8.35. The lowest BCUT2D eigenvalue weighted by molar-refractivity contribution is -0.140. The van der Waals surface area contributed by atoms with Gasteiger partial charge in [-0.2, -0.15) is 0 Å². The predicted octanol–water partition coefficient (Wildman–Crippen LogP) is 4.47. The van der Waals surface area contributed by atoms with Crippen molar-refractivity contribution in [2.24, 2.45) is 0 Å². The predicted molar refractivity (Wildman–Crippen MR) is 74.1 cm³/mol. The molecule has 17 heavy (non-hydrogen) atoms. The zero-order chi connectivity index (χ0) is 12.8. The van der Waals surface area contributed by atoms with Crippen LogP contribution in [0.25, 0.3) is 0 Å². The van der Waals surface area contributed by atoms with Gasteiger partial charge in [-0.15, -0.1) is 0 Å². The van der Waals surface area contributed by atoms with Crippen molar-refractivity contribution in [1.29, 1.82) is 0 Å². The van der Waals surface area contributed by atoms with Crippen LogP contribution in [0.2, 0.25) is 0 Å². The monoisotopic (exact) mass is 240 g/mol. The standard InChI is InChI=1S/C15H28O2/c1-4-7-8-9-10-11-12-13-14-15(16-5-2)17-6-3/h4,7-8,15H,1,5-6,9-14H2,2-3H3/b8-7-. The second kappa shape index (κ2) is 13.5. The fraction of sp³-hybridized carbons (Fsp3) is 0.733. The van der Waals surface area contributed by atoms with E-state index in [1.54, 1.807) is 0 Å². The van der Waals surface area contributed by atoms with Gasteiger partial charge in [-0.1, -0.05) is 37.6 Å². The molecule has 0 fully saturated rings. The molecule has 0 unspecified atom stereocenters. The molecule has 0 aliphatic carbocycles. The molecular formula is C15H28O2. The average molecular weight is 240 g/mol. The van der Waals surface area contributed by atoms with Crippen LogP contribution in [0, 0.1) is 0 Å². The Morgan fingerprint density at radius 3 is 2.24 bits per heavy atom. The molecule has 0 saturated heterocycles. The zero-order valence-corrected chi connectivity index (χ0v) is 11.5. The van der Waals surface area contributed by atoms with E-state index in [9.17, 15) is 0 Å². The summed E-state index contributed by atoms with van der Waals surface area (Å²) in [5.41, 5.74) is 0. The third-order valence-electron chi connectivity index (χ3n) is 2.54. The molecule has 0 bridgehead atoms. The van der Waals surface area contributed by atoms with Gasteiger partial charge in [-0.05, 0) is 39.5 Å². The van der Waals surface area contributed by atoms with Gasteiger partial charge in [0.25, 0.3) is 0 Å². The van der Waals surface area contributed by atoms with E-state index in [2.05, 4.69) is 12.7 Å². The van der Waals surface area contributed by atoms with Crippen LogP contribution in [0.1, 0.15) is 52.4 Å². The average Bonchev–Trinajstić information content (AvgIpc) is 2.33. The van der Waals surface area contributed by atoms with Gasteiger partial charge in [0.05, 0.1) is 0 Å². The van der Waals surface area contributed by atoms with E-state index in [-0.39, 0.29) is 6.29 Å². The molecule has 0 N–H and O–H groups in total. The summed E-state index contributed by atoms with van der Waals surface area (Å²) in [6.07, 6.45) is 13.2. The fourth-order valence-corrected chi connectivity index (χ4v) is 1.71. The summed E-state index contributed by atoms with van der Waals surface area (Å²) in [5, 5.41) is 0. The molecule has 0 aromatic carbocycles. The topological polar surface area (TPSA) is 18.5 Å². The Hall–Kier alpha value is -0.600. The van der Waals surface area contributed by atoms with Gasteiger partial charge < -0.3 is 9.47 Å². The van der Waals surface area contributed by atoms with Crippen molar-refractivity contribution < 1.29 is 9.47 Å². The van der Waals surface area contributed by atoms with Crippen LogP contribution in [-0.2, 0) is 9.47 Å². The van der Waals surface area contributed by atoms with E-state index < -0.39 is 0 Å². The van der Waals surface area contributed by atoms with Gasteiger partial charge in [-0.25, -0.2) is 0 Å². The van der Waals surface area contributed by atoms with E-state index in [4.69, 9.17) is 9.47 Å². The molecular weight excluding hydrogens is 212 g/mol. The quantitative estimate of drug-likeness (QED) is 0.285. The second-order valence-corrected chi connectivity index (χ2v) is 4.00. The van der Waals surface area contributed by atoms with E-state index >= 15 is 0 Å². The zero-order valence-electron chi connectivity index (χ0n) is 11.5. The molecule has 0 heterocycles. The van der Waals surface area contributed by atoms with E-state index in [0.717, 1.165) is 26.1 Å². The second-order valence-electron chi connectivity index (χ2n) is 4.00. The number of allylic oxidation sites excluding steroid dienone is 3. The lowest BCUT2D eigenvalue weighted by Crippen LogP contribution is -2.17. The van der Waals surface area contributed by atoms with Crippen molar-refractivity contribution >= 4 is 0 Å². The molecule has 0 aliphatic rings. The van der Waals surface area contributed by atoms with Crippen LogP contribution in [0.4, 0.5) is 0 Å². The minimum Gasteiger partial charge on any atom is -0.353 e. The molecule has 0 aliphatic heterocycles. The van der Waals surface area contributed by atoms with Crippen LogP contribution < -0.4 is 0 Å². The SMILES string of the molecule is C=C/C=C\CCCCCCC(OCC)OCC. The fourth-order valence-electron chi connectivity index (χ4n) is 1.71. The molecule has 0 aromatic heterocycles.